The van der Waals surface area contributed by atoms with Crippen LogP contribution in [-0.4, -0.2) is 19.2 Å². The summed E-state index contributed by atoms with van der Waals surface area (Å²) in [6.07, 6.45) is 7.53. The lowest BCUT2D eigenvalue weighted by molar-refractivity contribution is 0.0734. The Morgan fingerprint density at radius 3 is 1.93 bits per heavy atom. The summed E-state index contributed by atoms with van der Waals surface area (Å²) >= 11 is 0. The summed E-state index contributed by atoms with van der Waals surface area (Å²) in [6.45, 7) is 8.57. The lowest BCUT2D eigenvalue weighted by atomic mass is 10.2. The Bertz CT molecular complexity index is 717. The van der Waals surface area contributed by atoms with E-state index in [1.54, 1.807) is 54.6 Å². The molecule has 0 unspecified atom stereocenters. The molecule has 0 spiro atoms. The highest BCUT2D eigenvalue weighted by molar-refractivity contribution is 5.91. The van der Waals surface area contributed by atoms with Crippen molar-refractivity contribution in [3.05, 3.63) is 79.4 Å². The fourth-order valence-corrected chi connectivity index (χ4v) is 2.30. The van der Waals surface area contributed by atoms with Gasteiger partial charge in [-0.25, -0.2) is 4.79 Å². The average Bonchev–Trinajstić information content (AvgIpc) is 2.70. The highest BCUT2D eigenvalue weighted by atomic mass is 16.5. The lowest BCUT2D eigenvalue weighted by Gasteiger charge is -2.08. The third-order valence-electron chi connectivity index (χ3n) is 3.79. The molecule has 2 aromatic rings. The Morgan fingerprint density at radius 1 is 0.741 bits per heavy atom. The topological polar surface area (TPSA) is 44.8 Å². The minimum Gasteiger partial charge on any atom is -0.494 e. The fraction of sp³-hybridized carbons (Fsp3) is 0.261. The second-order valence-electron chi connectivity index (χ2n) is 5.94. The molecule has 0 aliphatic heterocycles. The summed E-state index contributed by atoms with van der Waals surface area (Å²) < 4.78 is 16.6. The first-order valence-corrected chi connectivity index (χ1v) is 9.12. The predicted octanol–water partition coefficient (Wildman–Crippen LogP) is 5.60. The fourth-order valence-electron chi connectivity index (χ4n) is 2.30. The number of ether oxygens (including phenoxy) is 3. The van der Waals surface area contributed by atoms with Crippen LogP contribution in [0, 0.1) is 0 Å². The van der Waals surface area contributed by atoms with Gasteiger partial charge >= 0.3 is 5.97 Å². The van der Waals surface area contributed by atoms with Crippen molar-refractivity contribution >= 4 is 5.97 Å². The first-order valence-electron chi connectivity index (χ1n) is 9.12. The van der Waals surface area contributed by atoms with E-state index < -0.39 is 5.97 Å². The summed E-state index contributed by atoms with van der Waals surface area (Å²) in [5.74, 6) is 1.54. The van der Waals surface area contributed by atoms with Gasteiger partial charge in [0.25, 0.3) is 0 Å². The monoisotopic (exact) mass is 366 g/mol. The van der Waals surface area contributed by atoms with E-state index in [0.717, 1.165) is 31.4 Å². The molecule has 0 saturated carbocycles. The number of carbonyl (C=O) groups excluding carboxylic acids is 1. The highest BCUT2D eigenvalue weighted by Crippen LogP contribution is 2.20. The van der Waals surface area contributed by atoms with Gasteiger partial charge in [-0.2, -0.15) is 0 Å². The number of carbonyl (C=O) groups is 1. The van der Waals surface area contributed by atoms with Crippen molar-refractivity contribution in [3.63, 3.8) is 0 Å². The average molecular weight is 366 g/mol. The minimum atomic E-state index is -0.411. The Hall–Kier alpha value is -3.01. The van der Waals surface area contributed by atoms with E-state index in [0.29, 0.717) is 30.3 Å². The molecule has 2 rings (SSSR count). The van der Waals surface area contributed by atoms with Crippen molar-refractivity contribution < 1.29 is 19.0 Å². The third kappa shape index (κ3) is 7.40. The van der Waals surface area contributed by atoms with E-state index in [1.807, 2.05) is 6.08 Å². The maximum atomic E-state index is 12.2. The zero-order valence-electron chi connectivity index (χ0n) is 15.6. The van der Waals surface area contributed by atoms with E-state index >= 15 is 0 Å². The standard InChI is InChI=1S/C23H26O4/c1-3-5-7-8-18-26-21-13-15-22(16-14-21)27-23(24)19-9-11-20(12-10-19)25-17-6-4-2/h3-4,9-16H,1-2,5-8,17-18H2. The zero-order valence-corrected chi connectivity index (χ0v) is 15.6. The number of hydrogen-bond donors (Lipinski definition) is 0. The molecule has 0 fully saturated rings. The van der Waals surface area contributed by atoms with Crippen LogP contribution in [0.1, 0.15) is 36.0 Å². The van der Waals surface area contributed by atoms with Gasteiger partial charge in [-0.05, 0) is 74.2 Å². The van der Waals surface area contributed by atoms with Crippen LogP contribution in [0.5, 0.6) is 17.2 Å². The molecule has 2 aromatic carbocycles. The van der Waals surface area contributed by atoms with Gasteiger partial charge in [0.05, 0.1) is 18.8 Å². The van der Waals surface area contributed by atoms with Gasteiger partial charge < -0.3 is 14.2 Å². The van der Waals surface area contributed by atoms with E-state index in [1.165, 1.54) is 0 Å². The van der Waals surface area contributed by atoms with Crippen molar-refractivity contribution in [3.8, 4) is 17.2 Å². The number of allylic oxidation sites excluding steroid dienone is 1. The molecule has 0 aliphatic carbocycles. The van der Waals surface area contributed by atoms with Crippen LogP contribution in [0.2, 0.25) is 0 Å². The lowest BCUT2D eigenvalue weighted by Crippen LogP contribution is -2.08. The number of hydrogen-bond acceptors (Lipinski definition) is 4. The van der Waals surface area contributed by atoms with Gasteiger partial charge in [0.1, 0.15) is 17.2 Å². The quantitative estimate of drug-likeness (QED) is 0.212. The Labute approximate surface area is 161 Å². The molecule has 0 heterocycles. The molecule has 142 valence electrons. The summed E-state index contributed by atoms with van der Waals surface area (Å²) in [7, 11) is 0. The number of unbranched alkanes of at least 4 members (excludes halogenated alkanes) is 2. The highest BCUT2D eigenvalue weighted by Gasteiger charge is 2.09. The van der Waals surface area contributed by atoms with Crippen molar-refractivity contribution in [2.75, 3.05) is 13.2 Å². The molecule has 0 bridgehead atoms. The molecule has 27 heavy (non-hydrogen) atoms. The van der Waals surface area contributed by atoms with Gasteiger partial charge in [0, 0.05) is 0 Å². The molecule has 0 saturated heterocycles. The summed E-state index contributed by atoms with van der Waals surface area (Å²) in [5.41, 5.74) is 0.466. The van der Waals surface area contributed by atoms with Crippen LogP contribution in [0.25, 0.3) is 0 Å². The molecule has 0 radical (unpaired) electrons. The van der Waals surface area contributed by atoms with Crippen LogP contribution in [0.15, 0.2) is 73.8 Å². The van der Waals surface area contributed by atoms with Crippen molar-refractivity contribution in [2.24, 2.45) is 0 Å². The van der Waals surface area contributed by atoms with E-state index in [-0.39, 0.29) is 0 Å². The first kappa shape index (κ1) is 20.3. The van der Waals surface area contributed by atoms with Crippen LogP contribution < -0.4 is 14.2 Å². The second-order valence-corrected chi connectivity index (χ2v) is 5.94. The maximum Gasteiger partial charge on any atom is 0.343 e. The third-order valence-corrected chi connectivity index (χ3v) is 3.79. The number of benzene rings is 2. The van der Waals surface area contributed by atoms with Gasteiger partial charge in [-0.1, -0.05) is 12.2 Å². The smallest absolute Gasteiger partial charge is 0.343 e. The van der Waals surface area contributed by atoms with E-state index in [2.05, 4.69) is 13.2 Å². The van der Waals surface area contributed by atoms with Crippen LogP contribution in [-0.2, 0) is 0 Å². The number of rotatable bonds is 12. The van der Waals surface area contributed by atoms with E-state index in [4.69, 9.17) is 14.2 Å². The van der Waals surface area contributed by atoms with Gasteiger partial charge in [0.15, 0.2) is 0 Å². The second kappa shape index (κ2) is 11.6. The molecule has 4 nitrogen and oxygen atoms in total. The van der Waals surface area contributed by atoms with Crippen LogP contribution >= 0.6 is 0 Å². The summed E-state index contributed by atoms with van der Waals surface area (Å²) in [5, 5.41) is 0. The van der Waals surface area contributed by atoms with Gasteiger partial charge in [-0.15, -0.1) is 13.2 Å². The normalized spacial score (nSPS) is 10.1. The minimum absolute atomic E-state index is 0.411. The Kier molecular flexibility index (Phi) is 8.70. The van der Waals surface area contributed by atoms with Crippen LogP contribution in [0.4, 0.5) is 0 Å². The predicted molar refractivity (Wildman–Crippen MR) is 108 cm³/mol. The molecule has 0 aromatic heterocycles. The molecular weight excluding hydrogens is 340 g/mol. The maximum absolute atomic E-state index is 12.2. The summed E-state index contributed by atoms with van der Waals surface area (Å²) in [6, 6.07) is 13.9. The Morgan fingerprint density at radius 2 is 1.30 bits per heavy atom. The van der Waals surface area contributed by atoms with Gasteiger partial charge in [0.2, 0.25) is 0 Å². The van der Waals surface area contributed by atoms with Gasteiger partial charge in [-0.3, -0.25) is 0 Å². The molecular formula is C23H26O4. The largest absolute Gasteiger partial charge is 0.494 e. The zero-order chi connectivity index (χ0) is 19.3. The molecule has 0 N–H and O–H groups in total. The SMILES string of the molecule is C=CCCCCOc1ccc(OC(=O)c2ccc(OCCC=C)cc2)cc1. The molecule has 4 heteroatoms. The van der Waals surface area contributed by atoms with Crippen LogP contribution in [0.3, 0.4) is 0 Å². The Balaban J connectivity index is 1.81. The van der Waals surface area contributed by atoms with Crippen molar-refractivity contribution in [2.45, 2.75) is 25.7 Å². The van der Waals surface area contributed by atoms with Crippen molar-refractivity contribution in [1.29, 1.82) is 0 Å². The molecule has 0 aliphatic rings. The molecule has 0 amide bonds. The number of esters is 1. The van der Waals surface area contributed by atoms with Crippen molar-refractivity contribution in [1.82, 2.24) is 0 Å². The first-order chi connectivity index (χ1) is 13.2. The molecule has 0 atom stereocenters. The summed E-state index contributed by atoms with van der Waals surface area (Å²) in [4.78, 5) is 12.2. The van der Waals surface area contributed by atoms with E-state index in [9.17, 15) is 4.79 Å².